The Morgan fingerprint density at radius 1 is 1.31 bits per heavy atom. The molecule has 1 amide bonds. The molecule has 4 atom stereocenters. The van der Waals surface area contributed by atoms with E-state index in [4.69, 9.17) is 0 Å². The molecule has 2 N–H and O–H groups in total. The summed E-state index contributed by atoms with van der Waals surface area (Å²) in [6.45, 7) is 2.04. The Morgan fingerprint density at radius 2 is 2.15 bits per heavy atom. The lowest BCUT2D eigenvalue weighted by molar-refractivity contribution is -0.123. The Kier molecular flexibility index (Phi) is 5.99. The maximum absolute atomic E-state index is 12.7. The van der Waals surface area contributed by atoms with E-state index in [1.54, 1.807) is 6.20 Å². The van der Waals surface area contributed by atoms with Gasteiger partial charge in [0.2, 0.25) is 5.91 Å². The predicted octanol–water partition coefficient (Wildman–Crippen LogP) is 3.39. The van der Waals surface area contributed by atoms with Crippen molar-refractivity contribution in [2.45, 2.75) is 57.2 Å². The van der Waals surface area contributed by atoms with Gasteiger partial charge >= 0.3 is 0 Å². The molecule has 2 heterocycles. The van der Waals surface area contributed by atoms with Crippen LogP contribution in [0.2, 0.25) is 0 Å². The summed E-state index contributed by atoms with van der Waals surface area (Å²) in [4.78, 5) is 12.7. The number of amides is 1. The molecule has 0 spiro atoms. The summed E-state index contributed by atoms with van der Waals surface area (Å²) in [6, 6.07) is 10.6. The fourth-order valence-electron chi connectivity index (χ4n) is 4.28. The van der Waals surface area contributed by atoms with Gasteiger partial charge in [-0.1, -0.05) is 25.0 Å². The largest absolute Gasteiger partial charge is 0.348 e. The van der Waals surface area contributed by atoms with Crippen LogP contribution in [-0.4, -0.2) is 27.8 Å². The molecule has 1 saturated carbocycles. The summed E-state index contributed by atoms with van der Waals surface area (Å²) < 4.78 is 1.83. The van der Waals surface area contributed by atoms with Crippen molar-refractivity contribution in [2.24, 2.45) is 5.92 Å². The molecule has 26 heavy (non-hydrogen) atoms. The number of nitrogens with one attached hydrogen (secondary N) is 2. The highest BCUT2D eigenvalue weighted by Crippen LogP contribution is 2.33. The minimum atomic E-state index is -0.0372. The first-order valence-electron chi connectivity index (χ1n) is 9.37. The number of benzene rings is 1. The summed E-state index contributed by atoms with van der Waals surface area (Å²) in [7, 11) is 0. The molecule has 2 aliphatic rings. The van der Waals surface area contributed by atoms with Gasteiger partial charge < -0.3 is 10.6 Å². The summed E-state index contributed by atoms with van der Waals surface area (Å²) in [5, 5.41) is 11.0. The van der Waals surface area contributed by atoms with Crippen LogP contribution in [0.4, 0.5) is 0 Å². The van der Waals surface area contributed by atoms with Crippen LogP contribution in [0.5, 0.6) is 0 Å². The molecule has 1 aromatic carbocycles. The van der Waals surface area contributed by atoms with Gasteiger partial charge in [-0.15, -0.1) is 12.4 Å². The van der Waals surface area contributed by atoms with Crippen molar-refractivity contribution in [2.75, 3.05) is 0 Å². The lowest BCUT2D eigenvalue weighted by Gasteiger charge is -2.24. The van der Waals surface area contributed by atoms with Gasteiger partial charge in [-0.3, -0.25) is 4.79 Å². The van der Waals surface area contributed by atoms with E-state index in [1.165, 1.54) is 25.7 Å². The van der Waals surface area contributed by atoms with Gasteiger partial charge in [0.25, 0.3) is 0 Å². The van der Waals surface area contributed by atoms with Crippen LogP contribution in [0.25, 0.3) is 5.69 Å². The van der Waals surface area contributed by atoms with E-state index in [9.17, 15) is 4.79 Å². The lowest BCUT2D eigenvalue weighted by Crippen LogP contribution is -2.43. The van der Waals surface area contributed by atoms with Gasteiger partial charge in [0.05, 0.1) is 17.8 Å². The van der Waals surface area contributed by atoms with E-state index >= 15 is 0 Å². The highest BCUT2D eigenvalue weighted by atomic mass is 35.5. The van der Waals surface area contributed by atoms with Crippen LogP contribution in [0.15, 0.2) is 42.7 Å². The number of aromatic nitrogens is 2. The van der Waals surface area contributed by atoms with Gasteiger partial charge in [-0.05, 0) is 55.9 Å². The molecule has 2 aromatic rings. The van der Waals surface area contributed by atoms with Crippen molar-refractivity contribution in [1.29, 1.82) is 0 Å². The minimum Gasteiger partial charge on any atom is -0.348 e. The Labute approximate surface area is 161 Å². The summed E-state index contributed by atoms with van der Waals surface area (Å²) in [5.41, 5.74) is 2.10. The average Bonchev–Trinajstić information content (AvgIpc) is 3.31. The number of rotatable bonds is 4. The smallest absolute Gasteiger partial charge is 0.237 e. The van der Waals surface area contributed by atoms with Crippen molar-refractivity contribution < 1.29 is 4.79 Å². The summed E-state index contributed by atoms with van der Waals surface area (Å²) in [5.74, 6) is 0.814. The van der Waals surface area contributed by atoms with Crippen LogP contribution in [-0.2, 0) is 4.79 Å². The van der Waals surface area contributed by atoms with E-state index in [-0.39, 0.29) is 30.4 Å². The highest BCUT2D eigenvalue weighted by molar-refractivity contribution is 5.85. The molecule has 0 bridgehead atoms. The fraction of sp³-hybridized carbons (Fsp3) is 0.500. The number of hydrogen-bond donors (Lipinski definition) is 2. The first-order valence-corrected chi connectivity index (χ1v) is 9.37. The first kappa shape index (κ1) is 18.9. The first-order chi connectivity index (χ1) is 12.2. The molecular formula is C20H27ClN4O. The molecule has 1 aliphatic heterocycles. The molecule has 1 aliphatic carbocycles. The minimum absolute atomic E-state index is 0. The zero-order chi connectivity index (χ0) is 17.2. The maximum atomic E-state index is 12.7. The van der Waals surface area contributed by atoms with Crippen LogP contribution < -0.4 is 10.6 Å². The summed E-state index contributed by atoms with van der Waals surface area (Å²) >= 11 is 0. The van der Waals surface area contributed by atoms with Gasteiger partial charge in [0.15, 0.2) is 0 Å². The normalized spacial score (nSPS) is 25.8. The van der Waals surface area contributed by atoms with Crippen LogP contribution in [0.3, 0.4) is 0 Å². The zero-order valence-corrected chi connectivity index (χ0v) is 15.9. The third-order valence-electron chi connectivity index (χ3n) is 5.68. The average molecular weight is 375 g/mol. The van der Waals surface area contributed by atoms with Gasteiger partial charge in [0, 0.05) is 18.4 Å². The summed E-state index contributed by atoms with van der Waals surface area (Å²) in [6.07, 6.45) is 9.76. The molecular weight excluding hydrogens is 348 g/mol. The maximum Gasteiger partial charge on any atom is 0.237 e. The molecule has 4 rings (SSSR count). The van der Waals surface area contributed by atoms with Gasteiger partial charge in [0.1, 0.15) is 0 Å². The number of carbonyl (C=O) groups is 1. The predicted molar refractivity (Wildman–Crippen MR) is 105 cm³/mol. The highest BCUT2D eigenvalue weighted by Gasteiger charge is 2.38. The molecule has 1 saturated heterocycles. The number of nitrogens with zero attached hydrogens (tertiary/aromatic N) is 2. The van der Waals surface area contributed by atoms with E-state index in [0.717, 1.165) is 17.7 Å². The van der Waals surface area contributed by atoms with Crippen LogP contribution in [0, 0.1) is 5.92 Å². The monoisotopic (exact) mass is 374 g/mol. The standard InChI is InChI=1S/C20H26N4O.ClH/c1-14(15-7-4-8-17(12-15)24-11-5-10-21-24)22-20(25)19-13-16-6-2-3-9-18(16)23-19;/h4-5,7-8,10-12,14,16,18-19,23H,2-3,6,9,13H2,1H3,(H,22,25);1H. The van der Waals surface area contributed by atoms with E-state index in [0.29, 0.717) is 12.0 Å². The Bertz CT molecular complexity index is 719. The quantitative estimate of drug-likeness (QED) is 0.862. The van der Waals surface area contributed by atoms with Crippen molar-refractivity contribution in [1.82, 2.24) is 20.4 Å². The van der Waals surface area contributed by atoms with Crippen LogP contribution in [0.1, 0.15) is 50.6 Å². The molecule has 4 unspecified atom stereocenters. The number of halogens is 1. The number of fused-ring (bicyclic) bond motifs is 1. The van der Waals surface area contributed by atoms with Crippen LogP contribution >= 0.6 is 12.4 Å². The molecule has 2 fully saturated rings. The fourth-order valence-corrected chi connectivity index (χ4v) is 4.28. The molecule has 1 aromatic heterocycles. The lowest BCUT2D eigenvalue weighted by atomic mass is 9.85. The van der Waals surface area contributed by atoms with Crippen molar-refractivity contribution in [3.05, 3.63) is 48.3 Å². The third-order valence-corrected chi connectivity index (χ3v) is 5.68. The Hall–Kier alpha value is -1.85. The van der Waals surface area contributed by atoms with Crippen molar-refractivity contribution >= 4 is 18.3 Å². The van der Waals surface area contributed by atoms with Gasteiger partial charge in [-0.25, -0.2) is 4.68 Å². The van der Waals surface area contributed by atoms with Crippen molar-refractivity contribution in [3.8, 4) is 5.69 Å². The molecule has 5 nitrogen and oxygen atoms in total. The van der Waals surface area contributed by atoms with E-state index < -0.39 is 0 Å². The second-order valence-corrected chi connectivity index (χ2v) is 7.38. The Morgan fingerprint density at radius 3 is 2.92 bits per heavy atom. The zero-order valence-electron chi connectivity index (χ0n) is 15.1. The molecule has 140 valence electrons. The molecule has 0 radical (unpaired) electrons. The van der Waals surface area contributed by atoms with Crippen molar-refractivity contribution in [3.63, 3.8) is 0 Å². The Balaban J connectivity index is 0.00000196. The number of hydrogen-bond acceptors (Lipinski definition) is 3. The second-order valence-electron chi connectivity index (χ2n) is 7.38. The third kappa shape index (κ3) is 3.94. The molecule has 6 heteroatoms. The number of carbonyl (C=O) groups excluding carboxylic acids is 1. The SMILES string of the molecule is CC(NC(=O)C1CC2CCCCC2N1)c1cccc(-n2cccn2)c1.Cl. The van der Waals surface area contributed by atoms with Gasteiger partial charge in [-0.2, -0.15) is 5.10 Å². The van der Waals surface area contributed by atoms with E-state index in [1.807, 2.05) is 36.0 Å². The van der Waals surface area contributed by atoms with E-state index in [2.05, 4.69) is 27.9 Å². The topological polar surface area (TPSA) is 59.0 Å². The second kappa shape index (κ2) is 8.23.